The van der Waals surface area contributed by atoms with E-state index in [-0.39, 0.29) is 0 Å². The maximum Gasteiger partial charge on any atom is 0.119 e. The molecule has 0 saturated carbocycles. The summed E-state index contributed by atoms with van der Waals surface area (Å²) in [4.78, 5) is 9.99. The second-order valence-electron chi connectivity index (χ2n) is 3.11. The Kier molecular flexibility index (Phi) is 10.4. The summed E-state index contributed by atoms with van der Waals surface area (Å²) < 4.78 is 0. The SMILES string of the molecule is C/C=C\C=C/CCCCCCC=O. The van der Waals surface area contributed by atoms with Crippen LogP contribution in [0.3, 0.4) is 0 Å². The van der Waals surface area contributed by atoms with Crippen LogP contribution < -0.4 is 0 Å². The van der Waals surface area contributed by atoms with Gasteiger partial charge in [0.05, 0.1) is 0 Å². The summed E-state index contributed by atoms with van der Waals surface area (Å²) >= 11 is 0. The van der Waals surface area contributed by atoms with E-state index in [1.165, 1.54) is 19.3 Å². The lowest BCUT2D eigenvalue weighted by atomic mass is 10.1. The molecule has 0 unspecified atom stereocenters. The number of aldehydes is 1. The van der Waals surface area contributed by atoms with Gasteiger partial charge in [-0.05, 0) is 26.2 Å². The van der Waals surface area contributed by atoms with E-state index in [0.717, 1.165) is 25.5 Å². The van der Waals surface area contributed by atoms with Gasteiger partial charge < -0.3 is 4.79 Å². The molecule has 0 aliphatic carbocycles. The molecule has 1 nitrogen and oxygen atoms in total. The smallest absolute Gasteiger partial charge is 0.119 e. The average Bonchev–Trinajstić information content (AvgIpc) is 2.16. The standard InChI is InChI=1S/C12H20O/c1-2-3-4-5-6-7-8-9-10-11-12-13/h2-5,12H,6-11H2,1H3/b3-2-,5-4-. The van der Waals surface area contributed by atoms with Crippen LogP contribution in [0.15, 0.2) is 24.3 Å². The van der Waals surface area contributed by atoms with Gasteiger partial charge in [-0.1, -0.05) is 37.1 Å². The molecule has 0 fully saturated rings. The minimum Gasteiger partial charge on any atom is -0.303 e. The Morgan fingerprint density at radius 3 is 2.23 bits per heavy atom. The topological polar surface area (TPSA) is 17.1 Å². The molecule has 0 aliphatic rings. The number of unbranched alkanes of at least 4 members (excludes halogenated alkanes) is 5. The predicted octanol–water partition coefficient (Wildman–Crippen LogP) is 3.66. The average molecular weight is 180 g/mol. The van der Waals surface area contributed by atoms with Crippen LogP contribution in [-0.4, -0.2) is 6.29 Å². The van der Waals surface area contributed by atoms with E-state index in [2.05, 4.69) is 12.2 Å². The third-order valence-electron chi connectivity index (χ3n) is 1.88. The third-order valence-corrected chi connectivity index (χ3v) is 1.88. The van der Waals surface area contributed by atoms with Crippen molar-refractivity contribution in [3.63, 3.8) is 0 Å². The van der Waals surface area contributed by atoms with Gasteiger partial charge in [0.2, 0.25) is 0 Å². The van der Waals surface area contributed by atoms with Crippen LogP contribution in [0.4, 0.5) is 0 Å². The summed E-state index contributed by atoms with van der Waals surface area (Å²) in [5, 5.41) is 0. The van der Waals surface area contributed by atoms with Crippen LogP contribution in [0.1, 0.15) is 45.4 Å². The minimum absolute atomic E-state index is 0.731. The van der Waals surface area contributed by atoms with Crippen molar-refractivity contribution in [2.45, 2.75) is 45.4 Å². The van der Waals surface area contributed by atoms with E-state index in [1.807, 2.05) is 19.1 Å². The fourth-order valence-corrected chi connectivity index (χ4v) is 1.13. The second-order valence-corrected chi connectivity index (χ2v) is 3.11. The summed E-state index contributed by atoms with van der Waals surface area (Å²) in [6.07, 6.45) is 16.0. The third kappa shape index (κ3) is 11.1. The molecule has 0 saturated heterocycles. The van der Waals surface area contributed by atoms with Crippen molar-refractivity contribution in [1.29, 1.82) is 0 Å². The summed E-state index contributed by atoms with van der Waals surface area (Å²) in [5.41, 5.74) is 0. The Bertz CT molecular complexity index is 157. The number of rotatable bonds is 8. The molecule has 0 heterocycles. The Balaban J connectivity index is 3.03. The first-order valence-electron chi connectivity index (χ1n) is 5.13. The molecule has 0 bridgehead atoms. The number of allylic oxidation sites excluding steroid dienone is 4. The van der Waals surface area contributed by atoms with Gasteiger partial charge >= 0.3 is 0 Å². The highest BCUT2D eigenvalue weighted by atomic mass is 16.1. The lowest BCUT2D eigenvalue weighted by Gasteiger charge is -1.94. The highest BCUT2D eigenvalue weighted by Crippen LogP contribution is 2.04. The van der Waals surface area contributed by atoms with Crippen LogP contribution in [0, 0.1) is 0 Å². The van der Waals surface area contributed by atoms with Gasteiger partial charge in [0.25, 0.3) is 0 Å². The predicted molar refractivity (Wildman–Crippen MR) is 57.7 cm³/mol. The molecular weight excluding hydrogens is 160 g/mol. The zero-order valence-corrected chi connectivity index (χ0v) is 8.54. The fourth-order valence-electron chi connectivity index (χ4n) is 1.13. The second kappa shape index (κ2) is 11.2. The highest BCUT2D eigenvalue weighted by molar-refractivity contribution is 5.48. The molecule has 0 rings (SSSR count). The van der Waals surface area contributed by atoms with E-state index < -0.39 is 0 Å². The van der Waals surface area contributed by atoms with Gasteiger partial charge in [-0.2, -0.15) is 0 Å². The largest absolute Gasteiger partial charge is 0.303 e. The molecule has 0 aromatic rings. The maximum absolute atomic E-state index is 9.99. The van der Waals surface area contributed by atoms with E-state index in [0.29, 0.717) is 0 Å². The van der Waals surface area contributed by atoms with Crippen LogP contribution >= 0.6 is 0 Å². The molecule has 0 aliphatic heterocycles. The molecule has 0 radical (unpaired) electrons. The maximum atomic E-state index is 9.99. The van der Waals surface area contributed by atoms with Gasteiger partial charge in [0.1, 0.15) is 6.29 Å². The molecule has 0 amide bonds. The van der Waals surface area contributed by atoms with E-state index >= 15 is 0 Å². The van der Waals surface area contributed by atoms with Crippen molar-refractivity contribution in [1.82, 2.24) is 0 Å². The lowest BCUT2D eigenvalue weighted by Crippen LogP contribution is -1.78. The monoisotopic (exact) mass is 180 g/mol. The van der Waals surface area contributed by atoms with Gasteiger partial charge in [-0.3, -0.25) is 0 Å². The van der Waals surface area contributed by atoms with Crippen molar-refractivity contribution < 1.29 is 4.79 Å². The molecule has 1 heteroatoms. The first-order valence-corrected chi connectivity index (χ1v) is 5.13. The number of carbonyl (C=O) groups excluding carboxylic acids is 1. The first kappa shape index (κ1) is 12.2. The van der Waals surface area contributed by atoms with Crippen LogP contribution in [0.5, 0.6) is 0 Å². The Labute approximate surface area is 81.5 Å². The minimum atomic E-state index is 0.731. The van der Waals surface area contributed by atoms with E-state index in [4.69, 9.17) is 0 Å². The van der Waals surface area contributed by atoms with Gasteiger partial charge in [-0.15, -0.1) is 0 Å². The zero-order valence-electron chi connectivity index (χ0n) is 8.54. The van der Waals surface area contributed by atoms with Crippen molar-refractivity contribution in [2.75, 3.05) is 0 Å². The number of hydrogen-bond donors (Lipinski definition) is 0. The molecule has 74 valence electrons. The molecule has 0 aromatic carbocycles. The summed E-state index contributed by atoms with van der Waals surface area (Å²) in [5.74, 6) is 0. The summed E-state index contributed by atoms with van der Waals surface area (Å²) in [7, 11) is 0. The van der Waals surface area contributed by atoms with E-state index in [1.54, 1.807) is 0 Å². The summed E-state index contributed by atoms with van der Waals surface area (Å²) in [6.45, 7) is 2.02. The van der Waals surface area contributed by atoms with Gasteiger partial charge in [-0.25, -0.2) is 0 Å². The normalized spacial score (nSPS) is 11.5. The van der Waals surface area contributed by atoms with Crippen LogP contribution in [0.25, 0.3) is 0 Å². The molecule has 0 N–H and O–H groups in total. The van der Waals surface area contributed by atoms with Crippen molar-refractivity contribution >= 4 is 6.29 Å². The highest BCUT2D eigenvalue weighted by Gasteiger charge is 1.87. The van der Waals surface area contributed by atoms with Gasteiger partial charge in [0, 0.05) is 6.42 Å². The molecule has 0 atom stereocenters. The number of hydrogen-bond acceptors (Lipinski definition) is 1. The Hall–Kier alpha value is -0.850. The first-order chi connectivity index (χ1) is 6.41. The Morgan fingerprint density at radius 1 is 0.923 bits per heavy atom. The zero-order chi connectivity index (χ0) is 9.78. The van der Waals surface area contributed by atoms with Crippen molar-refractivity contribution in [3.05, 3.63) is 24.3 Å². The molecule has 0 aromatic heterocycles. The lowest BCUT2D eigenvalue weighted by molar-refractivity contribution is -0.107. The van der Waals surface area contributed by atoms with Crippen LogP contribution in [0.2, 0.25) is 0 Å². The molecule has 0 spiro atoms. The van der Waals surface area contributed by atoms with Gasteiger partial charge in [0.15, 0.2) is 0 Å². The summed E-state index contributed by atoms with van der Waals surface area (Å²) in [6, 6.07) is 0. The van der Waals surface area contributed by atoms with E-state index in [9.17, 15) is 4.79 Å². The quantitative estimate of drug-likeness (QED) is 0.316. The number of carbonyl (C=O) groups is 1. The van der Waals surface area contributed by atoms with Crippen molar-refractivity contribution in [2.24, 2.45) is 0 Å². The fraction of sp³-hybridized carbons (Fsp3) is 0.583. The van der Waals surface area contributed by atoms with Crippen LogP contribution in [-0.2, 0) is 4.79 Å². The molecule has 13 heavy (non-hydrogen) atoms. The molecular formula is C12H20O. The Morgan fingerprint density at radius 2 is 1.62 bits per heavy atom. The van der Waals surface area contributed by atoms with Crippen molar-refractivity contribution in [3.8, 4) is 0 Å².